The Labute approximate surface area is 191 Å². The number of nitro groups is 1. The summed E-state index contributed by atoms with van der Waals surface area (Å²) in [5.41, 5.74) is 1.52. The highest BCUT2D eigenvalue weighted by atomic mass is 19.1. The van der Waals surface area contributed by atoms with Crippen LogP contribution in [0.15, 0.2) is 54.2 Å². The highest BCUT2D eigenvalue weighted by molar-refractivity contribution is 6.35. The molecule has 33 heavy (non-hydrogen) atoms. The molecule has 2 aliphatic rings. The molecule has 9 heteroatoms. The summed E-state index contributed by atoms with van der Waals surface area (Å²) in [6, 6.07) is 11.4. The molecule has 0 N–H and O–H groups in total. The van der Waals surface area contributed by atoms with Gasteiger partial charge >= 0.3 is 0 Å². The van der Waals surface area contributed by atoms with Gasteiger partial charge in [0.05, 0.1) is 17.0 Å². The summed E-state index contributed by atoms with van der Waals surface area (Å²) < 4.78 is 13.3. The molecule has 0 aliphatic carbocycles. The van der Waals surface area contributed by atoms with Crippen LogP contribution in [-0.2, 0) is 16.1 Å². The van der Waals surface area contributed by atoms with Crippen LogP contribution in [0.5, 0.6) is 0 Å². The molecule has 0 saturated carbocycles. The van der Waals surface area contributed by atoms with Crippen LogP contribution in [-0.4, -0.2) is 64.7 Å². The first-order valence-electron chi connectivity index (χ1n) is 10.8. The van der Waals surface area contributed by atoms with Crippen molar-refractivity contribution >= 4 is 23.1 Å². The van der Waals surface area contributed by atoms with Crippen LogP contribution in [0.25, 0.3) is 5.57 Å². The van der Waals surface area contributed by atoms with E-state index in [0.717, 1.165) is 30.8 Å². The summed E-state index contributed by atoms with van der Waals surface area (Å²) >= 11 is 0. The van der Waals surface area contributed by atoms with Crippen LogP contribution in [0.1, 0.15) is 24.0 Å². The zero-order valence-corrected chi connectivity index (χ0v) is 18.5. The summed E-state index contributed by atoms with van der Waals surface area (Å²) in [5.74, 6) is -1.28. The van der Waals surface area contributed by atoms with Gasteiger partial charge in [-0.05, 0) is 68.4 Å². The number of nitrogens with zero attached hydrogens (tertiary/aromatic N) is 4. The van der Waals surface area contributed by atoms with Crippen LogP contribution in [0.4, 0.5) is 10.1 Å². The van der Waals surface area contributed by atoms with E-state index in [1.54, 1.807) is 12.1 Å². The molecule has 4 rings (SSSR count). The van der Waals surface area contributed by atoms with E-state index >= 15 is 0 Å². The molecule has 1 saturated heterocycles. The molecule has 8 nitrogen and oxygen atoms in total. The van der Waals surface area contributed by atoms with Gasteiger partial charge in [-0.25, -0.2) is 4.39 Å². The second-order valence-corrected chi connectivity index (χ2v) is 8.50. The van der Waals surface area contributed by atoms with Gasteiger partial charge in [0.15, 0.2) is 0 Å². The quantitative estimate of drug-likeness (QED) is 0.380. The molecule has 172 valence electrons. The molecule has 2 aromatic rings. The Morgan fingerprint density at radius 3 is 2.21 bits per heavy atom. The van der Waals surface area contributed by atoms with Crippen LogP contribution in [0.2, 0.25) is 0 Å². The average molecular weight is 452 g/mol. The lowest BCUT2D eigenvalue weighted by Crippen LogP contribution is -2.43. The highest BCUT2D eigenvalue weighted by Crippen LogP contribution is 2.35. The Kier molecular flexibility index (Phi) is 6.24. The normalized spacial score (nSPS) is 17.7. The van der Waals surface area contributed by atoms with Crippen molar-refractivity contribution in [3.05, 3.63) is 81.3 Å². The van der Waals surface area contributed by atoms with Crippen LogP contribution < -0.4 is 0 Å². The fourth-order valence-corrected chi connectivity index (χ4v) is 4.38. The van der Waals surface area contributed by atoms with Crippen LogP contribution >= 0.6 is 0 Å². The summed E-state index contributed by atoms with van der Waals surface area (Å²) in [6.07, 6.45) is 1.70. The number of benzene rings is 2. The van der Waals surface area contributed by atoms with E-state index in [2.05, 4.69) is 4.90 Å². The number of halogens is 1. The lowest BCUT2D eigenvalue weighted by atomic mass is 10.00. The first kappa shape index (κ1) is 22.6. The number of hydrogen-bond acceptors (Lipinski definition) is 6. The van der Waals surface area contributed by atoms with Crippen LogP contribution in [0, 0.1) is 15.9 Å². The molecule has 0 bridgehead atoms. The third-order valence-corrected chi connectivity index (χ3v) is 6.35. The predicted molar refractivity (Wildman–Crippen MR) is 120 cm³/mol. The zero-order valence-electron chi connectivity index (χ0n) is 18.5. The van der Waals surface area contributed by atoms with E-state index in [1.165, 1.54) is 36.4 Å². The fourth-order valence-electron chi connectivity index (χ4n) is 4.38. The van der Waals surface area contributed by atoms with Gasteiger partial charge in [-0.1, -0.05) is 12.1 Å². The lowest BCUT2D eigenvalue weighted by molar-refractivity contribution is -0.384. The van der Waals surface area contributed by atoms with Gasteiger partial charge in [-0.15, -0.1) is 0 Å². The van der Waals surface area contributed by atoms with Crippen molar-refractivity contribution in [1.82, 2.24) is 14.7 Å². The van der Waals surface area contributed by atoms with Gasteiger partial charge in [0.25, 0.3) is 17.5 Å². The molecule has 0 unspecified atom stereocenters. The first-order valence-corrected chi connectivity index (χ1v) is 10.8. The minimum atomic E-state index is -0.508. The summed E-state index contributed by atoms with van der Waals surface area (Å²) in [4.78, 5) is 42.8. The number of likely N-dealkylation sites (tertiary alicyclic amines) is 1. The largest absolute Gasteiger partial charge is 0.366 e. The van der Waals surface area contributed by atoms with Crippen molar-refractivity contribution in [3.8, 4) is 0 Å². The van der Waals surface area contributed by atoms with Gasteiger partial charge in [0, 0.05) is 25.2 Å². The fraction of sp³-hybridized carbons (Fsp3) is 0.333. The number of imide groups is 1. The highest BCUT2D eigenvalue weighted by Gasteiger charge is 2.42. The number of nitro benzene ring substituents is 1. The lowest BCUT2D eigenvalue weighted by Gasteiger charge is -2.36. The number of non-ortho nitro benzene ring substituents is 1. The monoisotopic (exact) mass is 452 g/mol. The molecular weight excluding hydrogens is 427 g/mol. The van der Waals surface area contributed by atoms with Gasteiger partial charge in [0.2, 0.25) is 0 Å². The van der Waals surface area contributed by atoms with E-state index in [1.807, 2.05) is 19.0 Å². The molecule has 2 heterocycles. The average Bonchev–Trinajstić information content (AvgIpc) is 3.05. The Morgan fingerprint density at radius 2 is 1.64 bits per heavy atom. The molecule has 0 atom stereocenters. The Balaban J connectivity index is 1.71. The van der Waals surface area contributed by atoms with Crippen molar-refractivity contribution in [2.24, 2.45) is 0 Å². The van der Waals surface area contributed by atoms with E-state index in [0.29, 0.717) is 16.8 Å². The van der Waals surface area contributed by atoms with Gasteiger partial charge in [-0.2, -0.15) is 0 Å². The van der Waals surface area contributed by atoms with Crippen molar-refractivity contribution in [2.75, 3.05) is 27.2 Å². The zero-order chi connectivity index (χ0) is 23.7. The van der Waals surface area contributed by atoms with E-state index in [9.17, 15) is 24.1 Å². The minimum absolute atomic E-state index is 0.0131. The van der Waals surface area contributed by atoms with Crippen molar-refractivity contribution in [3.63, 3.8) is 0 Å². The Morgan fingerprint density at radius 1 is 1.03 bits per heavy atom. The third kappa shape index (κ3) is 4.49. The Hall–Kier alpha value is -3.59. The van der Waals surface area contributed by atoms with Gasteiger partial charge in [-0.3, -0.25) is 24.6 Å². The maximum absolute atomic E-state index is 13.5. The SMILES string of the molecule is CN1CCC(N(C)C2=C(c3ccc([N+](=O)[O-])cc3)C(=O)N(Cc3ccc(F)cc3)C2=O)CC1. The molecule has 0 radical (unpaired) electrons. The molecule has 0 spiro atoms. The third-order valence-electron chi connectivity index (χ3n) is 6.35. The maximum atomic E-state index is 13.5. The van der Waals surface area contributed by atoms with Crippen molar-refractivity contribution in [2.45, 2.75) is 25.4 Å². The molecule has 1 fully saturated rings. The van der Waals surface area contributed by atoms with Crippen LogP contribution in [0.3, 0.4) is 0 Å². The van der Waals surface area contributed by atoms with Crippen molar-refractivity contribution < 1.29 is 18.9 Å². The molecule has 2 aromatic carbocycles. The number of carbonyl (C=O) groups is 2. The molecule has 2 aliphatic heterocycles. The van der Waals surface area contributed by atoms with Gasteiger partial charge < -0.3 is 9.80 Å². The number of likely N-dealkylation sites (N-methyl/N-ethyl adjacent to an activating group) is 1. The molecule has 2 amide bonds. The number of rotatable bonds is 6. The Bertz CT molecular complexity index is 1110. The molecular formula is C24H25FN4O4. The number of amides is 2. The van der Waals surface area contributed by atoms with Crippen molar-refractivity contribution in [1.29, 1.82) is 0 Å². The summed E-state index contributed by atoms with van der Waals surface area (Å²) in [7, 11) is 3.87. The minimum Gasteiger partial charge on any atom is -0.366 e. The second kappa shape index (κ2) is 9.11. The molecule has 0 aromatic heterocycles. The maximum Gasteiger partial charge on any atom is 0.278 e. The number of piperidine rings is 1. The van der Waals surface area contributed by atoms with E-state index < -0.39 is 22.6 Å². The smallest absolute Gasteiger partial charge is 0.278 e. The number of hydrogen-bond donors (Lipinski definition) is 0. The van der Waals surface area contributed by atoms with E-state index in [4.69, 9.17) is 0 Å². The van der Waals surface area contributed by atoms with Gasteiger partial charge in [0.1, 0.15) is 11.5 Å². The summed E-state index contributed by atoms with van der Waals surface area (Å²) in [6.45, 7) is 1.78. The standard InChI is InChI=1S/C24H25FN4O4/c1-26-13-11-19(12-14-26)27(2)22-21(17-5-9-20(10-6-17)29(32)33)23(30)28(24(22)31)15-16-3-7-18(25)8-4-16/h3-10,19H,11-15H2,1-2H3. The topological polar surface area (TPSA) is 87.0 Å². The second-order valence-electron chi connectivity index (χ2n) is 8.50. The number of carbonyl (C=O) groups excluding carboxylic acids is 2. The predicted octanol–water partition coefficient (Wildman–Crippen LogP) is 3.04. The summed E-state index contributed by atoms with van der Waals surface area (Å²) in [5, 5.41) is 11.1. The van der Waals surface area contributed by atoms with E-state index in [-0.39, 0.29) is 23.8 Å². The first-order chi connectivity index (χ1) is 15.8.